The van der Waals surface area contributed by atoms with Gasteiger partial charge in [-0.1, -0.05) is 48.0 Å². The van der Waals surface area contributed by atoms with Crippen LogP contribution in [0.25, 0.3) is 11.1 Å². The first-order chi connectivity index (χ1) is 12.1. The van der Waals surface area contributed by atoms with Crippen molar-refractivity contribution < 1.29 is 9.53 Å². The van der Waals surface area contributed by atoms with Crippen LogP contribution in [-0.4, -0.2) is 25.7 Å². The maximum Gasteiger partial charge on any atom is 0.227 e. The summed E-state index contributed by atoms with van der Waals surface area (Å²) in [5.74, 6) is 0.0410. The Bertz CT molecular complexity index is 742. The Kier molecular flexibility index (Phi) is 7.21. The van der Waals surface area contributed by atoms with Gasteiger partial charge >= 0.3 is 0 Å². The molecule has 1 fully saturated rings. The van der Waals surface area contributed by atoms with Gasteiger partial charge in [-0.15, -0.1) is 12.4 Å². The predicted molar refractivity (Wildman–Crippen MR) is 107 cm³/mol. The Labute approximate surface area is 161 Å². The van der Waals surface area contributed by atoms with Crippen LogP contribution in [0.1, 0.15) is 24.0 Å². The molecule has 2 aromatic rings. The summed E-state index contributed by atoms with van der Waals surface area (Å²) in [7, 11) is 0. The number of halogens is 1. The van der Waals surface area contributed by atoms with Gasteiger partial charge in [-0.25, -0.2) is 0 Å². The van der Waals surface area contributed by atoms with Gasteiger partial charge in [0.05, 0.1) is 5.41 Å². The van der Waals surface area contributed by atoms with Crippen LogP contribution < -0.4 is 11.1 Å². The minimum absolute atomic E-state index is 0. The van der Waals surface area contributed by atoms with E-state index in [-0.39, 0.29) is 18.3 Å². The molecular formula is C21H27ClN2O2. The zero-order valence-corrected chi connectivity index (χ0v) is 16.0. The van der Waals surface area contributed by atoms with Crippen molar-refractivity contribution in [2.24, 2.45) is 11.1 Å². The van der Waals surface area contributed by atoms with Gasteiger partial charge in [-0.2, -0.15) is 0 Å². The van der Waals surface area contributed by atoms with Gasteiger partial charge in [-0.3, -0.25) is 4.79 Å². The predicted octanol–water partition coefficient (Wildman–Crippen LogP) is 3.46. The van der Waals surface area contributed by atoms with E-state index in [1.54, 1.807) is 0 Å². The van der Waals surface area contributed by atoms with Crippen molar-refractivity contribution in [2.75, 3.05) is 19.8 Å². The lowest BCUT2D eigenvalue weighted by Crippen LogP contribution is -2.48. The Balaban J connectivity index is 0.00000243. The number of ether oxygens (including phenoxy) is 1. The summed E-state index contributed by atoms with van der Waals surface area (Å²) in [5, 5.41) is 3.08. The topological polar surface area (TPSA) is 64.4 Å². The zero-order valence-electron chi connectivity index (χ0n) is 15.2. The third kappa shape index (κ3) is 4.64. The van der Waals surface area contributed by atoms with Gasteiger partial charge in [0, 0.05) is 26.3 Å². The molecule has 1 aliphatic heterocycles. The zero-order chi connectivity index (χ0) is 17.7. The average Bonchev–Trinajstić information content (AvgIpc) is 2.67. The molecule has 0 radical (unpaired) electrons. The highest BCUT2D eigenvalue weighted by Gasteiger charge is 2.38. The van der Waals surface area contributed by atoms with Crippen molar-refractivity contribution >= 4 is 18.3 Å². The maximum absolute atomic E-state index is 12.7. The van der Waals surface area contributed by atoms with E-state index in [1.807, 2.05) is 12.1 Å². The molecule has 1 heterocycles. The summed E-state index contributed by atoms with van der Waals surface area (Å²) < 4.78 is 5.38. The second-order valence-corrected chi connectivity index (χ2v) is 6.85. The van der Waals surface area contributed by atoms with Crippen molar-refractivity contribution in [3.8, 4) is 11.1 Å². The average molecular weight is 375 g/mol. The lowest BCUT2D eigenvalue weighted by Gasteiger charge is -2.34. The van der Waals surface area contributed by atoms with E-state index in [1.165, 1.54) is 11.1 Å². The van der Waals surface area contributed by atoms with E-state index in [4.69, 9.17) is 10.5 Å². The van der Waals surface area contributed by atoms with E-state index in [0.717, 1.165) is 11.1 Å². The highest BCUT2D eigenvalue weighted by molar-refractivity contribution is 5.85. The van der Waals surface area contributed by atoms with Crippen molar-refractivity contribution in [3.63, 3.8) is 0 Å². The number of nitrogens with one attached hydrogen (secondary N) is 1. The van der Waals surface area contributed by atoms with Gasteiger partial charge in [0.1, 0.15) is 0 Å². The lowest BCUT2D eigenvalue weighted by molar-refractivity contribution is -0.136. The largest absolute Gasteiger partial charge is 0.381 e. The molecular weight excluding hydrogens is 348 g/mol. The van der Waals surface area contributed by atoms with Gasteiger partial charge in [0.2, 0.25) is 5.91 Å². The van der Waals surface area contributed by atoms with Gasteiger partial charge in [0.25, 0.3) is 0 Å². The molecule has 0 aromatic heterocycles. The van der Waals surface area contributed by atoms with Crippen LogP contribution in [0.3, 0.4) is 0 Å². The molecule has 0 atom stereocenters. The molecule has 0 saturated carbocycles. The fourth-order valence-electron chi connectivity index (χ4n) is 3.34. The number of carbonyl (C=O) groups is 1. The van der Waals surface area contributed by atoms with E-state index in [0.29, 0.717) is 39.1 Å². The number of hydrogen-bond acceptors (Lipinski definition) is 3. The molecule has 2 aromatic carbocycles. The number of amides is 1. The summed E-state index contributed by atoms with van der Waals surface area (Å²) in [6, 6.07) is 16.7. The Morgan fingerprint density at radius 2 is 1.77 bits per heavy atom. The standard InChI is InChI=1S/C21H26N2O2.ClH/c1-16-4-2-6-18(12-16)19-7-3-5-17(13-19)14-23-20(24)21(15-22)8-10-25-11-9-21;/h2-7,12-13H,8-11,14-15,22H2,1H3,(H,23,24);1H. The summed E-state index contributed by atoms with van der Waals surface area (Å²) in [6.45, 7) is 4.18. The summed E-state index contributed by atoms with van der Waals surface area (Å²) in [6.07, 6.45) is 1.39. The fraction of sp³-hybridized carbons (Fsp3) is 0.381. The van der Waals surface area contributed by atoms with Crippen LogP contribution in [0.2, 0.25) is 0 Å². The maximum atomic E-state index is 12.7. The van der Waals surface area contributed by atoms with Crippen molar-refractivity contribution in [3.05, 3.63) is 59.7 Å². The Hall–Kier alpha value is -1.88. The quantitative estimate of drug-likeness (QED) is 0.842. The second kappa shape index (κ2) is 9.17. The first kappa shape index (κ1) is 20.4. The van der Waals surface area contributed by atoms with Gasteiger partial charge in [0.15, 0.2) is 0 Å². The molecule has 140 valence electrons. The summed E-state index contributed by atoms with van der Waals surface area (Å²) in [4.78, 5) is 12.7. The molecule has 0 unspecified atom stereocenters. The van der Waals surface area contributed by atoms with Crippen LogP contribution >= 0.6 is 12.4 Å². The molecule has 1 saturated heterocycles. The SMILES string of the molecule is Cc1cccc(-c2cccc(CNC(=O)C3(CN)CCOCC3)c2)c1.Cl. The van der Waals surface area contributed by atoms with E-state index < -0.39 is 5.41 Å². The first-order valence-electron chi connectivity index (χ1n) is 8.85. The molecule has 1 amide bonds. The minimum atomic E-state index is -0.480. The molecule has 0 bridgehead atoms. The Morgan fingerprint density at radius 3 is 2.42 bits per heavy atom. The van der Waals surface area contributed by atoms with Crippen molar-refractivity contribution in [2.45, 2.75) is 26.3 Å². The number of nitrogens with two attached hydrogens (primary N) is 1. The molecule has 0 aliphatic carbocycles. The highest BCUT2D eigenvalue weighted by Crippen LogP contribution is 2.29. The van der Waals surface area contributed by atoms with Crippen molar-refractivity contribution in [1.82, 2.24) is 5.32 Å². The van der Waals surface area contributed by atoms with Crippen LogP contribution in [-0.2, 0) is 16.1 Å². The second-order valence-electron chi connectivity index (χ2n) is 6.85. The van der Waals surface area contributed by atoms with Crippen LogP contribution in [0, 0.1) is 12.3 Å². The molecule has 0 spiro atoms. The van der Waals surface area contributed by atoms with E-state index in [2.05, 4.69) is 48.6 Å². The smallest absolute Gasteiger partial charge is 0.227 e. The third-order valence-corrected chi connectivity index (χ3v) is 5.05. The molecule has 5 heteroatoms. The van der Waals surface area contributed by atoms with Crippen LogP contribution in [0.4, 0.5) is 0 Å². The first-order valence-corrected chi connectivity index (χ1v) is 8.85. The number of aryl methyl sites for hydroxylation is 1. The molecule has 3 rings (SSSR count). The van der Waals surface area contributed by atoms with Crippen molar-refractivity contribution in [1.29, 1.82) is 0 Å². The monoisotopic (exact) mass is 374 g/mol. The minimum Gasteiger partial charge on any atom is -0.381 e. The number of rotatable bonds is 5. The summed E-state index contributed by atoms with van der Waals surface area (Å²) in [5.41, 5.74) is 10.1. The van der Waals surface area contributed by atoms with Crippen LogP contribution in [0.5, 0.6) is 0 Å². The number of benzene rings is 2. The summed E-state index contributed by atoms with van der Waals surface area (Å²) >= 11 is 0. The van der Waals surface area contributed by atoms with Gasteiger partial charge in [-0.05, 0) is 42.5 Å². The highest BCUT2D eigenvalue weighted by atomic mass is 35.5. The van der Waals surface area contributed by atoms with E-state index >= 15 is 0 Å². The number of carbonyl (C=O) groups excluding carboxylic acids is 1. The number of hydrogen-bond donors (Lipinski definition) is 2. The normalized spacial score (nSPS) is 15.8. The lowest BCUT2D eigenvalue weighted by atomic mass is 9.79. The molecule has 1 aliphatic rings. The molecule has 4 nitrogen and oxygen atoms in total. The van der Waals surface area contributed by atoms with E-state index in [9.17, 15) is 4.79 Å². The Morgan fingerprint density at radius 1 is 1.12 bits per heavy atom. The molecule has 26 heavy (non-hydrogen) atoms. The van der Waals surface area contributed by atoms with Gasteiger partial charge < -0.3 is 15.8 Å². The van der Waals surface area contributed by atoms with Crippen LogP contribution in [0.15, 0.2) is 48.5 Å². The fourth-order valence-corrected chi connectivity index (χ4v) is 3.34. The molecule has 3 N–H and O–H groups in total. The third-order valence-electron chi connectivity index (χ3n) is 5.05.